The van der Waals surface area contributed by atoms with Gasteiger partial charge in [0.1, 0.15) is 5.71 Å². The van der Waals surface area contributed by atoms with E-state index in [2.05, 4.69) is 5.16 Å². The van der Waals surface area contributed by atoms with E-state index in [-0.39, 0.29) is 11.5 Å². The molecule has 58 valence electrons. The van der Waals surface area contributed by atoms with Crippen LogP contribution in [0.4, 0.5) is 0 Å². The molecular formula is C7H13NO2. The molecule has 0 heterocycles. The predicted octanol–water partition coefficient (Wildman–Crippen LogP) is 1.45. The molecule has 0 fully saturated rings. The van der Waals surface area contributed by atoms with Crippen molar-refractivity contribution in [3.63, 3.8) is 0 Å². The van der Waals surface area contributed by atoms with Crippen molar-refractivity contribution in [1.29, 1.82) is 0 Å². The molecule has 0 saturated heterocycles. The van der Waals surface area contributed by atoms with Crippen LogP contribution in [0.2, 0.25) is 0 Å². The Hall–Kier alpha value is -0.860. The Bertz CT molecular complexity index is 165. The zero-order chi connectivity index (χ0) is 8.36. The van der Waals surface area contributed by atoms with Crippen molar-refractivity contribution in [2.24, 2.45) is 10.6 Å². The minimum Gasteiger partial charge on any atom is -0.411 e. The zero-order valence-corrected chi connectivity index (χ0v) is 6.80. The first-order valence-electron chi connectivity index (χ1n) is 3.13. The maximum absolute atomic E-state index is 11.1. The minimum absolute atomic E-state index is 0.130. The first-order valence-corrected chi connectivity index (χ1v) is 3.13. The van der Waals surface area contributed by atoms with Gasteiger partial charge in [-0.05, 0) is 6.92 Å². The minimum atomic E-state index is -0.448. The van der Waals surface area contributed by atoms with Crippen LogP contribution < -0.4 is 0 Å². The number of ketones is 1. The van der Waals surface area contributed by atoms with Gasteiger partial charge in [0.15, 0.2) is 5.78 Å². The van der Waals surface area contributed by atoms with Gasteiger partial charge in [-0.2, -0.15) is 0 Å². The third-order valence-corrected chi connectivity index (χ3v) is 1.16. The number of hydrogen-bond acceptors (Lipinski definition) is 3. The van der Waals surface area contributed by atoms with Gasteiger partial charge < -0.3 is 5.21 Å². The van der Waals surface area contributed by atoms with E-state index >= 15 is 0 Å². The van der Waals surface area contributed by atoms with Gasteiger partial charge >= 0.3 is 0 Å². The summed E-state index contributed by atoms with van der Waals surface area (Å²) < 4.78 is 0. The van der Waals surface area contributed by atoms with Crippen LogP contribution in [-0.2, 0) is 4.79 Å². The number of carbonyl (C=O) groups is 1. The quantitative estimate of drug-likeness (QED) is 0.343. The largest absolute Gasteiger partial charge is 0.411 e. The van der Waals surface area contributed by atoms with E-state index in [9.17, 15) is 4.79 Å². The first-order chi connectivity index (χ1) is 4.39. The predicted molar refractivity (Wildman–Crippen MR) is 39.4 cm³/mol. The van der Waals surface area contributed by atoms with Crippen LogP contribution in [-0.4, -0.2) is 16.7 Å². The third kappa shape index (κ3) is 2.17. The number of rotatable bonds is 1. The van der Waals surface area contributed by atoms with Gasteiger partial charge in [0.05, 0.1) is 0 Å². The van der Waals surface area contributed by atoms with Crippen LogP contribution in [0.15, 0.2) is 5.16 Å². The molecule has 0 spiro atoms. The fourth-order valence-corrected chi connectivity index (χ4v) is 0.588. The van der Waals surface area contributed by atoms with Crippen LogP contribution in [0.3, 0.4) is 0 Å². The fourth-order valence-electron chi connectivity index (χ4n) is 0.588. The lowest BCUT2D eigenvalue weighted by molar-refractivity contribution is -0.119. The Balaban J connectivity index is 4.39. The van der Waals surface area contributed by atoms with Crippen molar-refractivity contribution in [2.75, 3.05) is 0 Å². The van der Waals surface area contributed by atoms with Crippen molar-refractivity contribution in [3.8, 4) is 0 Å². The van der Waals surface area contributed by atoms with Crippen molar-refractivity contribution in [1.82, 2.24) is 0 Å². The molecule has 0 unspecified atom stereocenters. The highest BCUT2D eigenvalue weighted by Crippen LogP contribution is 2.14. The normalized spacial score (nSPS) is 13.4. The number of oxime groups is 1. The second-order valence-electron chi connectivity index (χ2n) is 3.26. The first kappa shape index (κ1) is 9.14. The Morgan fingerprint density at radius 1 is 1.40 bits per heavy atom. The molecule has 0 aromatic heterocycles. The molecule has 0 aliphatic rings. The molecule has 0 bridgehead atoms. The topological polar surface area (TPSA) is 49.7 Å². The highest BCUT2D eigenvalue weighted by molar-refractivity contribution is 6.40. The maximum atomic E-state index is 11.1. The molecule has 0 rings (SSSR count). The Morgan fingerprint density at radius 3 is 1.90 bits per heavy atom. The SMILES string of the molecule is C/C(=N\O)C(=O)C(C)(C)C. The molecule has 0 radical (unpaired) electrons. The number of carbonyl (C=O) groups excluding carboxylic acids is 1. The molecule has 1 N–H and O–H groups in total. The van der Waals surface area contributed by atoms with Gasteiger partial charge in [0.25, 0.3) is 0 Å². The Labute approximate surface area is 60.7 Å². The van der Waals surface area contributed by atoms with Gasteiger partial charge in [-0.1, -0.05) is 25.9 Å². The molecule has 0 aliphatic heterocycles. The maximum Gasteiger partial charge on any atom is 0.185 e. The second kappa shape index (κ2) is 2.82. The van der Waals surface area contributed by atoms with E-state index in [0.717, 1.165) is 0 Å². The van der Waals surface area contributed by atoms with Gasteiger partial charge in [0, 0.05) is 5.41 Å². The van der Waals surface area contributed by atoms with Crippen LogP contribution in [0.25, 0.3) is 0 Å². The molecule has 0 aromatic rings. The second-order valence-corrected chi connectivity index (χ2v) is 3.26. The summed E-state index contributed by atoms with van der Waals surface area (Å²) in [6, 6.07) is 0. The Morgan fingerprint density at radius 2 is 1.80 bits per heavy atom. The number of Topliss-reactive ketones (excluding diaryl/α,β-unsaturated/α-hetero) is 1. The molecule has 3 heteroatoms. The average Bonchev–Trinajstić information content (AvgIpc) is 1.83. The van der Waals surface area contributed by atoms with Crippen molar-refractivity contribution >= 4 is 11.5 Å². The van der Waals surface area contributed by atoms with Crippen molar-refractivity contribution in [3.05, 3.63) is 0 Å². The summed E-state index contributed by atoms with van der Waals surface area (Å²) in [5.41, 5.74) is -0.288. The smallest absolute Gasteiger partial charge is 0.185 e. The summed E-state index contributed by atoms with van der Waals surface area (Å²) in [6.45, 7) is 6.84. The van der Waals surface area contributed by atoms with E-state index in [1.54, 1.807) is 20.8 Å². The molecule has 0 aliphatic carbocycles. The summed E-state index contributed by atoms with van der Waals surface area (Å²) in [5.74, 6) is -0.130. The standard InChI is InChI=1S/C7H13NO2/c1-5(8-10)6(9)7(2,3)4/h10H,1-4H3/b8-5+. The lowest BCUT2D eigenvalue weighted by atomic mass is 9.88. The lowest BCUT2D eigenvalue weighted by Crippen LogP contribution is -2.26. The van der Waals surface area contributed by atoms with Crippen LogP contribution >= 0.6 is 0 Å². The van der Waals surface area contributed by atoms with Gasteiger partial charge in [-0.25, -0.2) is 0 Å². The lowest BCUT2D eigenvalue weighted by Gasteiger charge is -2.14. The van der Waals surface area contributed by atoms with Crippen molar-refractivity contribution in [2.45, 2.75) is 27.7 Å². The van der Waals surface area contributed by atoms with Gasteiger partial charge in [0.2, 0.25) is 0 Å². The molecule has 0 amide bonds. The molecule has 10 heavy (non-hydrogen) atoms. The third-order valence-electron chi connectivity index (χ3n) is 1.16. The van der Waals surface area contributed by atoms with E-state index in [0.29, 0.717) is 0 Å². The summed E-state index contributed by atoms with van der Waals surface area (Å²) in [7, 11) is 0. The summed E-state index contributed by atoms with van der Waals surface area (Å²) in [6.07, 6.45) is 0. The van der Waals surface area contributed by atoms with E-state index in [1.165, 1.54) is 6.92 Å². The molecule has 3 nitrogen and oxygen atoms in total. The number of hydrogen-bond donors (Lipinski definition) is 1. The number of nitrogens with zero attached hydrogens (tertiary/aromatic N) is 1. The van der Waals surface area contributed by atoms with E-state index in [1.807, 2.05) is 0 Å². The molecule has 0 saturated carbocycles. The monoisotopic (exact) mass is 143 g/mol. The molecule has 0 aromatic carbocycles. The zero-order valence-electron chi connectivity index (χ0n) is 6.80. The van der Waals surface area contributed by atoms with Crippen LogP contribution in [0, 0.1) is 5.41 Å². The molecular weight excluding hydrogens is 130 g/mol. The molecule has 0 atom stereocenters. The van der Waals surface area contributed by atoms with Crippen LogP contribution in [0.5, 0.6) is 0 Å². The summed E-state index contributed by atoms with van der Waals surface area (Å²) in [4.78, 5) is 11.1. The Kier molecular flexibility index (Phi) is 2.57. The highest BCUT2D eigenvalue weighted by Gasteiger charge is 2.23. The fraction of sp³-hybridized carbons (Fsp3) is 0.714. The van der Waals surface area contributed by atoms with Crippen LogP contribution in [0.1, 0.15) is 27.7 Å². The summed E-state index contributed by atoms with van der Waals surface area (Å²) in [5, 5.41) is 11.1. The van der Waals surface area contributed by atoms with Gasteiger partial charge in [-0.15, -0.1) is 0 Å². The van der Waals surface area contributed by atoms with Gasteiger partial charge in [-0.3, -0.25) is 4.79 Å². The highest BCUT2D eigenvalue weighted by atomic mass is 16.4. The summed E-state index contributed by atoms with van der Waals surface area (Å²) >= 11 is 0. The van der Waals surface area contributed by atoms with E-state index < -0.39 is 5.41 Å². The van der Waals surface area contributed by atoms with E-state index in [4.69, 9.17) is 5.21 Å². The average molecular weight is 143 g/mol. The van der Waals surface area contributed by atoms with Crippen molar-refractivity contribution < 1.29 is 10.0 Å².